The normalized spacial score (nSPS) is 11.8. The maximum Gasteiger partial charge on any atom is 0.335 e. The van der Waals surface area contributed by atoms with Gasteiger partial charge < -0.3 is 5.11 Å². The summed E-state index contributed by atoms with van der Waals surface area (Å²) in [6.07, 6.45) is 0.701. The molecule has 0 aromatic heterocycles. The first kappa shape index (κ1) is 15.7. The van der Waals surface area contributed by atoms with Crippen molar-refractivity contribution in [2.24, 2.45) is 0 Å². The molecule has 1 aromatic carbocycles. The first-order chi connectivity index (χ1) is 8.71. The van der Waals surface area contributed by atoms with E-state index in [1.165, 1.54) is 17.4 Å². The number of hydrogen-bond donors (Lipinski definition) is 1. The van der Waals surface area contributed by atoms with E-state index in [9.17, 15) is 13.2 Å². The van der Waals surface area contributed by atoms with Gasteiger partial charge in [0.2, 0.25) is 10.0 Å². The lowest BCUT2D eigenvalue weighted by atomic mass is 10.1. The van der Waals surface area contributed by atoms with Crippen molar-refractivity contribution >= 4 is 16.0 Å². The smallest absolute Gasteiger partial charge is 0.335 e. The van der Waals surface area contributed by atoms with Gasteiger partial charge in [0.05, 0.1) is 10.5 Å². The van der Waals surface area contributed by atoms with Crippen LogP contribution in [0.5, 0.6) is 0 Å². The largest absolute Gasteiger partial charge is 0.478 e. The minimum Gasteiger partial charge on any atom is -0.478 e. The van der Waals surface area contributed by atoms with Gasteiger partial charge in [-0.05, 0) is 37.5 Å². The van der Waals surface area contributed by atoms with Gasteiger partial charge in [0, 0.05) is 13.6 Å². The Kier molecular flexibility index (Phi) is 4.70. The number of nitrogens with zero attached hydrogens (tertiary/aromatic N) is 1. The second-order valence-corrected chi connectivity index (χ2v) is 6.58. The number of carbonyl (C=O) groups is 1. The molecule has 0 aliphatic rings. The van der Waals surface area contributed by atoms with Crippen LogP contribution in [0, 0.1) is 13.8 Å². The Morgan fingerprint density at radius 1 is 1.26 bits per heavy atom. The van der Waals surface area contributed by atoms with E-state index < -0.39 is 16.0 Å². The Morgan fingerprint density at radius 3 is 2.32 bits per heavy atom. The van der Waals surface area contributed by atoms with Crippen LogP contribution in [0.25, 0.3) is 0 Å². The first-order valence-electron chi connectivity index (χ1n) is 6.02. The predicted octanol–water partition coefficient (Wildman–Crippen LogP) is 2.03. The second kappa shape index (κ2) is 5.71. The molecule has 0 amide bonds. The zero-order valence-electron chi connectivity index (χ0n) is 11.6. The molecule has 1 rings (SSSR count). The summed E-state index contributed by atoms with van der Waals surface area (Å²) in [6, 6.07) is 2.84. The van der Waals surface area contributed by atoms with Crippen molar-refractivity contribution in [3.63, 3.8) is 0 Å². The zero-order valence-corrected chi connectivity index (χ0v) is 12.4. The monoisotopic (exact) mass is 285 g/mol. The maximum atomic E-state index is 12.4. The highest BCUT2D eigenvalue weighted by Crippen LogP contribution is 2.23. The number of aromatic carboxylic acids is 1. The summed E-state index contributed by atoms with van der Waals surface area (Å²) >= 11 is 0. The molecule has 106 valence electrons. The van der Waals surface area contributed by atoms with Gasteiger partial charge in [0.15, 0.2) is 0 Å². The van der Waals surface area contributed by atoms with Gasteiger partial charge in [-0.25, -0.2) is 17.5 Å². The van der Waals surface area contributed by atoms with Gasteiger partial charge >= 0.3 is 5.97 Å². The molecule has 0 atom stereocenters. The lowest BCUT2D eigenvalue weighted by Gasteiger charge is -2.18. The highest BCUT2D eigenvalue weighted by atomic mass is 32.2. The van der Waals surface area contributed by atoms with E-state index in [1.54, 1.807) is 19.9 Å². The summed E-state index contributed by atoms with van der Waals surface area (Å²) < 4.78 is 26.0. The molecule has 0 bridgehead atoms. The molecule has 1 aromatic rings. The van der Waals surface area contributed by atoms with Crippen LogP contribution in [0.2, 0.25) is 0 Å². The van der Waals surface area contributed by atoms with Crippen LogP contribution >= 0.6 is 0 Å². The number of hydrogen-bond acceptors (Lipinski definition) is 3. The summed E-state index contributed by atoms with van der Waals surface area (Å²) in [5, 5.41) is 9.08. The number of carboxylic acids is 1. The van der Waals surface area contributed by atoms with Crippen LogP contribution in [-0.2, 0) is 10.0 Å². The van der Waals surface area contributed by atoms with Crippen LogP contribution in [-0.4, -0.2) is 37.4 Å². The predicted molar refractivity (Wildman–Crippen MR) is 73.0 cm³/mol. The van der Waals surface area contributed by atoms with Crippen molar-refractivity contribution in [1.82, 2.24) is 4.31 Å². The topological polar surface area (TPSA) is 74.7 Å². The fraction of sp³-hybridized carbons (Fsp3) is 0.462. The van der Waals surface area contributed by atoms with Gasteiger partial charge in [-0.3, -0.25) is 0 Å². The molecule has 6 heteroatoms. The highest BCUT2D eigenvalue weighted by Gasteiger charge is 2.24. The number of rotatable bonds is 5. The molecule has 5 nitrogen and oxygen atoms in total. The summed E-state index contributed by atoms with van der Waals surface area (Å²) in [6.45, 7) is 5.61. The summed E-state index contributed by atoms with van der Waals surface area (Å²) in [7, 11) is -2.14. The number of carboxylic acid groups (broad SMARTS) is 1. The lowest BCUT2D eigenvalue weighted by molar-refractivity contribution is 0.0696. The van der Waals surface area contributed by atoms with Gasteiger partial charge in [-0.1, -0.05) is 13.0 Å². The van der Waals surface area contributed by atoms with E-state index >= 15 is 0 Å². The molecule has 0 heterocycles. The molecule has 19 heavy (non-hydrogen) atoms. The Bertz CT molecular complexity index is 593. The molecule has 0 aliphatic heterocycles. The van der Waals surface area contributed by atoms with E-state index in [2.05, 4.69) is 0 Å². The third-order valence-corrected chi connectivity index (χ3v) is 4.98. The molecule has 0 aliphatic carbocycles. The van der Waals surface area contributed by atoms with Gasteiger partial charge in [0.25, 0.3) is 0 Å². The molecule has 0 radical (unpaired) electrons. The summed E-state index contributed by atoms with van der Waals surface area (Å²) in [5.74, 6) is -1.12. The van der Waals surface area contributed by atoms with Crippen molar-refractivity contribution in [2.45, 2.75) is 32.1 Å². The van der Waals surface area contributed by atoms with Gasteiger partial charge in [0.1, 0.15) is 0 Å². The van der Waals surface area contributed by atoms with Crippen LogP contribution < -0.4 is 0 Å². The van der Waals surface area contributed by atoms with E-state index in [0.717, 1.165) is 0 Å². The average Bonchev–Trinajstić information content (AvgIpc) is 2.28. The molecule has 0 saturated heterocycles. The van der Waals surface area contributed by atoms with Gasteiger partial charge in [-0.15, -0.1) is 0 Å². The van der Waals surface area contributed by atoms with Crippen molar-refractivity contribution in [3.8, 4) is 0 Å². The first-order valence-corrected chi connectivity index (χ1v) is 7.46. The Hall–Kier alpha value is -1.40. The molecule has 0 unspecified atom stereocenters. The highest BCUT2D eigenvalue weighted by molar-refractivity contribution is 7.89. The molecule has 1 N–H and O–H groups in total. The fourth-order valence-corrected chi connectivity index (χ4v) is 3.43. The number of sulfonamides is 1. The zero-order chi connectivity index (χ0) is 14.8. The van der Waals surface area contributed by atoms with Crippen molar-refractivity contribution in [2.75, 3.05) is 13.6 Å². The van der Waals surface area contributed by atoms with E-state index in [0.29, 0.717) is 24.1 Å². The van der Waals surface area contributed by atoms with Crippen LogP contribution in [0.1, 0.15) is 34.8 Å². The Labute approximate surface area is 113 Å². The van der Waals surface area contributed by atoms with E-state index in [-0.39, 0.29) is 10.5 Å². The molecule has 0 saturated carbocycles. The van der Waals surface area contributed by atoms with Crippen molar-refractivity contribution in [3.05, 3.63) is 28.8 Å². The van der Waals surface area contributed by atoms with E-state index in [1.807, 2.05) is 6.92 Å². The van der Waals surface area contributed by atoms with Gasteiger partial charge in [-0.2, -0.15) is 0 Å². The van der Waals surface area contributed by atoms with Crippen molar-refractivity contribution < 1.29 is 18.3 Å². The fourth-order valence-electron chi connectivity index (χ4n) is 1.94. The molecule has 0 spiro atoms. The van der Waals surface area contributed by atoms with Crippen LogP contribution in [0.3, 0.4) is 0 Å². The SMILES string of the molecule is CCCN(C)S(=O)(=O)c1cc(C(=O)O)c(C)cc1C. The van der Waals surface area contributed by atoms with E-state index in [4.69, 9.17) is 5.11 Å². The third-order valence-electron chi connectivity index (χ3n) is 2.98. The molecular weight excluding hydrogens is 266 g/mol. The number of aryl methyl sites for hydroxylation is 2. The lowest BCUT2D eigenvalue weighted by Crippen LogP contribution is -2.28. The summed E-state index contributed by atoms with van der Waals surface area (Å²) in [4.78, 5) is 11.2. The Morgan fingerprint density at radius 2 is 1.84 bits per heavy atom. The van der Waals surface area contributed by atoms with Crippen LogP contribution in [0.4, 0.5) is 0 Å². The minimum atomic E-state index is -3.63. The van der Waals surface area contributed by atoms with Crippen molar-refractivity contribution in [1.29, 1.82) is 0 Å². The summed E-state index contributed by atoms with van der Waals surface area (Å²) in [5.41, 5.74) is 1.14. The number of benzene rings is 1. The molecule has 0 fully saturated rings. The standard InChI is InChI=1S/C13H19NO4S/c1-5-6-14(4)19(17,18)12-8-11(13(15)16)9(2)7-10(12)3/h7-8H,5-6H2,1-4H3,(H,15,16). The molecular formula is C13H19NO4S. The second-order valence-electron chi connectivity index (χ2n) is 4.56. The minimum absolute atomic E-state index is 0.0223. The maximum absolute atomic E-state index is 12.4. The third kappa shape index (κ3) is 3.13. The average molecular weight is 285 g/mol. The van der Waals surface area contributed by atoms with Crippen LogP contribution in [0.15, 0.2) is 17.0 Å². The Balaban J connectivity index is 3.43. The quantitative estimate of drug-likeness (QED) is 0.898.